The molecule has 0 saturated heterocycles. The van der Waals surface area contributed by atoms with Crippen molar-refractivity contribution in [3.05, 3.63) is 53.6 Å². The highest BCUT2D eigenvalue weighted by atomic mass is 16.6. The molecule has 0 unspecified atom stereocenters. The number of amides is 4. The highest BCUT2D eigenvalue weighted by molar-refractivity contribution is 6.12. The zero-order chi connectivity index (χ0) is 29.7. The summed E-state index contributed by atoms with van der Waals surface area (Å²) in [4.78, 5) is 71.7. The maximum absolute atomic E-state index is 12.6. The van der Waals surface area contributed by atoms with Gasteiger partial charge >= 0.3 is 5.97 Å². The van der Waals surface area contributed by atoms with E-state index in [1.807, 2.05) is 0 Å². The Morgan fingerprint density at radius 1 is 0.925 bits per heavy atom. The lowest BCUT2D eigenvalue weighted by Gasteiger charge is -2.18. The first-order valence-electron chi connectivity index (χ1n) is 12.9. The van der Waals surface area contributed by atoms with E-state index in [9.17, 15) is 33.9 Å². The highest BCUT2D eigenvalue weighted by Crippen LogP contribution is 2.21. The van der Waals surface area contributed by atoms with Crippen LogP contribution in [0, 0.1) is 0 Å². The predicted molar refractivity (Wildman–Crippen MR) is 146 cm³/mol. The molecule has 0 radical (unpaired) electrons. The zero-order valence-corrected chi connectivity index (χ0v) is 22.9. The van der Waals surface area contributed by atoms with Crippen LogP contribution >= 0.6 is 0 Å². The fourth-order valence-corrected chi connectivity index (χ4v) is 3.59. The van der Waals surface area contributed by atoms with Crippen LogP contribution in [0.3, 0.4) is 0 Å². The van der Waals surface area contributed by atoms with Crippen LogP contribution in [0.5, 0.6) is 0 Å². The van der Waals surface area contributed by atoms with E-state index in [0.29, 0.717) is 42.6 Å². The summed E-state index contributed by atoms with van der Waals surface area (Å²) in [5.41, 5.74) is 0.634. The third kappa shape index (κ3) is 11.9. The van der Waals surface area contributed by atoms with E-state index < -0.39 is 23.4 Å². The van der Waals surface area contributed by atoms with Crippen LogP contribution < -0.4 is 15.7 Å². The molecule has 40 heavy (non-hydrogen) atoms. The average Bonchev–Trinajstić information content (AvgIpc) is 3.17. The monoisotopic (exact) mass is 552 g/mol. The number of anilines is 1. The van der Waals surface area contributed by atoms with Gasteiger partial charge in [0.1, 0.15) is 5.60 Å². The number of carboxylic acid groups (broad SMARTS) is 1. The number of carbonyl (C=O) groups is 6. The van der Waals surface area contributed by atoms with Crippen molar-refractivity contribution in [2.45, 2.75) is 58.5 Å². The summed E-state index contributed by atoms with van der Waals surface area (Å²) < 4.78 is 5.25. The lowest BCUT2D eigenvalue weighted by molar-refractivity contribution is -0.297. The van der Waals surface area contributed by atoms with E-state index in [-0.39, 0.29) is 37.1 Å². The summed E-state index contributed by atoms with van der Waals surface area (Å²) in [5, 5.41) is 16.2. The Kier molecular flexibility index (Phi) is 12.0. The van der Waals surface area contributed by atoms with Crippen LogP contribution in [0.1, 0.15) is 64.0 Å². The third-order valence-corrected chi connectivity index (χ3v) is 5.43. The van der Waals surface area contributed by atoms with Crippen molar-refractivity contribution in [2.24, 2.45) is 0 Å². The first-order valence-corrected chi connectivity index (χ1v) is 12.9. The second-order valence-corrected chi connectivity index (χ2v) is 9.99. The number of unbranched alkanes of at least 4 members (excludes halogenated alkanes) is 2. The summed E-state index contributed by atoms with van der Waals surface area (Å²) in [5.74, 6) is -3.21. The number of benzene rings is 1. The van der Waals surface area contributed by atoms with E-state index in [1.165, 1.54) is 30.4 Å². The molecule has 0 bridgehead atoms. The fraction of sp³-hybridized carbons (Fsp3) is 0.379. The molecule has 0 saturated carbocycles. The van der Waals surface area contributed by atoms with E-state index in [2.05, 4.69) is 10.6 Å². The minimum Gasteiger partial charge on any atom is -0.545 e. The van der Waals surface area contributed by atoms with Gasteiger partial charge in [-0.05, 0) is 63.0 Å². The molecule has 1 aromatic carbocycles. The molecule has 0 spiro atoms. The van der Waals surface area contributed by atoms with E-state index >= 15 is 0 Å². The van der Waals surface area contributed by atoms with Crippen LogP contribution in [0.15, 0.2) is 42.5 Å². The van der Waals surface area contributed by atoms with Gasteiger partial charge in [0, 0.05) is 49.8 Å². The largest absolute Gasteiger partial charge is 0.545 e. The zero-order valence-electron chi connectivity index (χ0n) is 22.9. The van der Waals surface area contributed by atoms with Crippen molar-refractivity contribution < 1.29 is 38.6 Å². The van der Waals surface area contributed by atoms with Gasteiger partial charge in [0.2, 0.25) is 11.8 Å². The van der Waals surface area contributed by atoms with E-state index in [0.717, 1.165) is 11.0 Å². The number of nitrogens with zero attached hydrogens (tertiary/aromatic N) is 1. The quantitative estimate of drug-likeness (QED) is 0.153. The van der Waals surface area contributed by atoms with Gasteiger partial charge in [0.05, 0.1) is 5.97 Å². The molecule has 0 fully saturated rings. The van der Waals surface area contributed by atoms with Gasteiger partial charge in [-0.25, -0.2) is 4.79 Å². The number of rotatable bonds is 14. The predicted octanol–water partition coefficient (Wildman–Crippen LogP) is 1.73. The maximum Gasteiger partial charge on any atom is 0.331 e. The van der Waals surface area contributed by atoms with Crippen molar-refractivity contribution in [3.8, 4) is 0 Å². The second-order valence-electron chi connectivity index (χ2n) is 9.99. The van der Waals surface area contributed by atoms with Crippen molar-refractivity contribution >= 4 is 53.4 Å². The van der Waals surface area contributed by atoms with Crippen LogP contribution in [0.4, 0.5) is 5.69 Å². The topological polar surface area (TPSA) is 162 Å². The highest BCUT2D eigenvalue weighted by Gasteiger charge is 2.22. The minimum atomic E-state index is -1.37. The molecule has 1 aromatic rings. The van der Waals surface area contributed by atoms with Crippen molar-refractivity contribution in [1.82, 2.24) is 10.2 Å². The summed E-state index contributed by atoms with van der Waals surface area (Å²) >= 11 is 0. The maximum atomic E-state index is 12.6. The number of esters is 1. The second kappa shape index (κ2) is 15.2. The van der Waals surface area contributed by atoms with Crippen molar-refractivity contribution in [3.63, 3.8) is 0 Å². The molecular formula is C29H34N3O8-. The Labute approximate surface area is 232 Å². The molecule has 2 N–H and O–H groups in total. The summed E-state index contributed by atoms with van der Waals surface area (Å²) in [6, 6.07) is 4.77. The molecule has 214 valence electrons. The smallest absolute Gasteiger partial charge is 0.331 e. The molecule has 11 heteroatoms. The number of imide groups is 1. The van der Waals surface area contributed by atoms with Gasteiger partial charge in [-0.3, -0.25) is 24.1 Å². The molecule has 1 aliphatic rings. The first-order chi connectivity index (χ1) is 18.8. The summed E-state index contributed by atoms with van der Waals surface area (Å²) in [6.45, 7) is 5.62. The Balaban J connectivity index is 1.85. The standard InChI is InChI=1S/C29H35N3O8/c1-29(2,3)40-28(39)15-11-21-10-8-20(9-14-27(37)38)19-22(21)31-24(34)16-17-30-23(33)7-5-4-6-18-32-25(35)12-13-26(32)36/h8-15,19H,4-7,16-18H2,1-3H3,(H,30,33)(H,31,34)(H,37,38)/p-1/b14-9+,15-11+. The lowest BCUT2D eigenvalue weighted by Crippen LogP contribution is -2.31. The molecule has 0 aromatic heterocycles. The fourth-order valence-electron chi connectivity index (χ4n) is 3.59. The molecule has 11 nitrogen and oxygen atoms in total. The number of aliphatic carboxylic acids is 1. The number of hydrogen-bond donors (Lipinski definition) is 2. The molecule has 2 rings (SSSR count). The van der Waals surface area contributed by atoms with Gasteiger partial charge in [-0.1, -0.05) is 24.6 Å². The number of ether oxygens (including phenoxy) is 1. The molecule has 1 heterocycles. The van der Waals surface area contributed by atoms with Crippen LogP contribution in [-0.2, 0) is 33.5 Å². The molecule has 1 aliphatic heterocycles. The van der Waals surface area contributed by atoms with Crippen LogP contribution in [0.25, 0.3) is 12.2 Å². The number of carboxylic acids is 1. The van der Waals surface area contributed by atoms with Crippen molar-refractivity contribution in [1.29, 1.82) is 0 Å². The molecule has 4 amide bonds. The van der Waals surface area contributed by atoms with Gasteiger partial charge in [-0.15, -0.1) is 0 Å². The van der Waals surface area contributed by atoms with Crippen LogP contribution in [0.2, 0.25) is 0 Å². The molecule has 0 atom stereocenters. The average molecular weight is 553 g/mol. The van der Waals surface area contributed by atoms with E-state index in [4.69, 9.17) is 4.74 Å². The normalized spacial score (nSPS) is 13.3. The molecular weight excluding hydrogens is 518 g/mol. The van der Waals surface area contributed by atoms with Gasteiger partial charge in [-0.2, -0.15) is 0 Å². The lowest BCUT2D eigenvalue weighted by atomic mass is 10.1. The van der Waals surface area contributed by atoms with E-state index in [1.54, 1.807) is 39.0 Å². The Morgan fingerprint density at radius 3 is 2.27 bits per heavy atom. The summed E-state index contributed by atoms with van der Waals surface area (Å²) in [6.07, 6.45) is 9.39. The summed E-state index contributed by atoms with van der Waals surface area (Å²) in [7, 11) is 0. The van der Waals surface area contributed by atoms with Gasteiger partial charge in [0.15, 0.2) is 0 Å². The Morgan fingerprint density at radius 2 is 1.62 bits per heavy atom. The number of nitrogens with one attached hydrogen (secondary N) is 2. The Hall–Kier alpha value is -4.54. The number of hydrogen-bond acceptors (Lipinski definition) is 8. The molecule has 0 aliphatic carbocycles. The number of carbonyl (C=O) groups excluding carboxylic acids is 6. The third-order valence-electron chi connectivity index (χ3n) is 5.43. The van der Waals surface area contributed by atoms with Gasteiger partial charge < -0.3 is 25.3 Å². The minimum absolute atomic E-state index is 0.0216. The SMILES string of the molecule is CC(C)(C)OC(=O)/C=C/c1ccc(/C=C/C(=O)[O-])cc1NC(=O)CCNC(=O)CCCCCN1C(=O)C=CC1=O. The first kappa shape index (κ1) is 31.7. The van der Waals surface area contributed by atoms with Crippen LogP contribution in [-0.4, -0.2) is 59.2 Å². The Bertz CT molecular complexity index is 1210. The van der Waals surface area contributed by atoms with Gasteiger partial charge in [0.25, 0.3) is 11.8 Å². The van der Waals surface area contributed by atoms with Crippen molar-refractivity contribution in [2.75, 3.05) is 18.4 Å².